The van der Waals surface area contributed by atoms with Crippen molar-refractivity contribution in [1.82, 2.24) is 10.3 Å². The number of nitrogens with one attached hydrogen (secondary N) is 1. The summed E-state index contributed by atoms with van der Waals surface area (Å²) in [5.41, 5.74) is 5.09. The van der Waals surface area contributed by atoms with Gasteiger partial charge in [0, 0.05) is 27.9 Å². The number of nitrogens with zero attached hydrogens (tertiary/aromatic N) is 1. The summed E-state index contributed by atoms with van der Waals surface area (Å²) in [7, 11) is 2.63. The Morgan fingerprint density at radius 2 is 1.56 bits per heavy atom. The molecule has 2 aromatic carbocycles. The first-order chi connectivity index (χ1) is 16.3. The summed E-state index contributed by atoms with van der Waals surface area (Å²) < 4.78 is 10.1. The van der Waals surface area contributed by atoms with Crippen molar-refractivity contribution in [2.24, 2.45) is 0 Å². The Bertz CT molecular complexity index is 1300. The summed E-state index contributed by atoms with van der Waals surface area (Å²) >= 11 is 1.47. The van der Waals surface area contributed by atoms with Crippen molar-refractivity contribution in [3.63, 3.8) is 0 Å². The SMILES string of the molecule is COC(=O)C1=C(C)NC(C)=C(C(=O)OC)C1c1cccc(-c2nc(-c3cccc(O)c3)cs2)c1. The topological polar surface area (TPSA) is 97.8 Å². The fourth-order valence-electron chi connectivity index (χ4n) is 4.14. The van der Waals surface area contributed by atoms with Gasteiger partial charge in [-0.05, 0) is 37.6 Å². The Morgan fingerprint density at radius 1 is 0.941 bits per heavy atom. The number of methoxy groups -OCH3 is 2. The van der Waals surface area contributed by atoms with Gasteiger partial charge < -0.3 is 19.9 Å². The third-order valence-electron chi connectivity index (χ3n) is 5.68. The highest BCUT2D eigenvalue weighted by Crippen LogP contribution is 2.40. The second-order valence-electron chi connectivity index (χ2n) is 7.83. The Morgan fingerprint density at radius 3 is 2.18 bits per heavy atom. The van der Waals surface area contributed by atoms with E-state index in [0.717, 1.165) is 27.4 Å². The maximum Gasteiger partial charge on any atom is 0.336 e. The number of carbonyl (C=O) groups excluding carboxylic acids is 2. The molecule has 1 aromatic heterocycles. The van der Waals surface area contributed by atoms with Gasteiger partial charge in [0.05, 0.1) is 37.0 Å². The van der Waals surface area contributed by atoms with Crippen LogP contribution in [0.5, 0.6) is 5.75 Å². The van der Waals surface area contributed by atoms with Crippen LogP contribution in [0, 0.1) is 0 Å². The van der Waals surface area contributed by atoms with Gasteiger partial charge in [-0.15, -0.1) is 11.3 Å². The Kier molecular flexibility index (Phi) is 6.51. The van der Waals surface area contributed by atoms with Crippen LogP contribution in [0.1, 0.15) is 25.3 Å². The van der Waals surface area contributed by atoms with Crippen LogP contribution in [0.3, 0.4) is 0 Å². The van der Waals surface area contributed by atoms with Crippen molar-refractivity contribution >= 4 is 23.3 Å². The minimum Gasteiger partial charge on any atom is -0.508 e. The highest BCUT2D eigenvalue weighted by atomic mass is 32.1. The Hall–Kier alpha value is -3.91. The molecule has 1 aliphatic rings. The van der Waals surface area contributed by atoms with E-state index in [1.807, 2.05) is 35.7 Å². The van der Waals surface area contributed by atoms with Crippen molar-refractivity contribution in [2.45, 2.75) is 19.8 Å². The number of aromatic hydroxyl groups is 1. The quantitative estimate of drug-likeness (QED) is 0.512. The zero-order chi connectivity index (χ0) is 24.4. The number of hydrogen-bond acceptors (Lipinski definition) is 8. The summed E-state index contributed by atoms with van der Waals surface area (Å²) in [6.45, 7) is 3.56. The van der Waals surface area contributed by atoms with E-state index in [0.29, 0.717) is 22.5 Å². The molecule has 0 bridgehead atoms. The van der Waals surface area contributed by atoms with Gasteiger partial charge in [0.15, 0.2) is 0 Å². The molecule has 0 spiro atoms. The maximum absolute atomic E-state index is 12.7. The monoisotopic (exact) mass is 476 g/mol. The molecule has 0 saturated heterocycles. The average Bonchev–Trinajstić information content (AvgIpc) is 3.33. The van der Waals surface area contributed by atoms with Gasteiger partial charge in [0.2, 0.25) is 0 Å². The summed E-state index contributed by atoms with van der Waals surface area (Å²) in [6.07, 6.45) is 0. The lowest BCUT2D eigenvalue weighted by atomic mass is 9.80. The van der Waals surface area contributed by atoms with Gasteiger partial charge in [0.25, 0.3) is 0 Å². The van der Waals surface area contributed by atoms with E-state index in [1.165, 1.54) is 25.6 Å². The number of phenols is 1. The number of thiazole rings is 1. The minimum absolute atomic E-state index is 0.176. The van der Waals surface area contributed by atoms with Gasteiger partial charge in [-0.2, -0.15) is 0 Å². The van der Waals surface area contributed by atoms with Crippen LogP contribution in [0.15, 0.2) is 76.5 Å². The fraction of sp³-hybridized carbons (Fsp3) is 0.192. The molecule has 34 heavy (non-hydrogen) atoms. The number of aromatic nitrogens is 1. The van der Waals surface area contributed by atoms with E-state index in [4.69, 9.17) is 14.5 Å². The number of benzene rings is 2. The van der Waals surface area contributed by atoms with Gasteiger partial charge in [-0.1, -0.05) is 30.3 Å². The predicted molar refractivity (Wildman–Crippen MR) is 130 cm³/mol. The smallest absolute Gasteiger partial charge is 0.336 e. The van der Waals surface area contributed by atoms with E-state index < -0.39 is 17.9 Å². The molecule has 0 fully saturated rings. The van der Waals surface area contributed by atoms with Crippen LogP contribution in [0.4, 0.5) is 0 Å². The third kappa shape index (κ3) is 4.32. The molecule has 0 amide bonds. The first-order valence-electron chi connectivity index (χ1n) is 10.5. The summed E-state index contributed by atoms with van der Waals surface area (Å²) in [6, 6.07) is 14.5. The molecule has 174 valence electrons. The van der Waals surface area contributed by atoms with Crippen molar-refractivity contribution in [3.8, 4) is 27.6 Å². The summed E-state index contributed by atoms with van der Waals surface area (Å²) in [5, 5.41) is 15.6. The van der Waals surface area contributed by atoms with Crippen LogP contribution in [-0.4, -0.2) is 36.2 Å². The van der Waals surface area contributed by atoms with E-state index >= 15 is 0 Å². The second kappa shape index (κ2) is 9.52. The molecular weight excluding hydrogens is 452 g/mol. The standard InChI is InChI=1S/C26H24N2O5S/c1-14-21(25(30)32-3)23(22(15(2)27-14)26(31)33-4)17-8-5-9-18(11-17)24-28-20(13-34-24)16-7-6-10-19(29)12-16/h5-13,23,27,29H,1-4H3. The van der Waals surface area contributed by atoms with Gasteiger partial charge in [-0.25, -0.2) is 14.6 Å². The van der Waals surface area contributed by atoms with Crippen molar-refractivity contribution in [3.05, 3.63) is 82.0 Å². The molecule has 3 aromatic rings. The van der Waals surface area contributed by atoms with Gasteiger partial charge in [-0.3, -0.25) is 0 Å². The second-order valence-corrected chi connectivity index (χ2v) is 8.69. The lowest BCUT2D eigenvalue weighted by molar-refractivity contribution is -0.137. The van der Waals surface area contributed by atoms with Crippen LogP contribution in [-0.2, 0) is 19.1 Å². The van der Waals surface area contributed by atoms with Gasteiger partial charge in [0.1, 0.15) is 10.8 Å². The van der Waals surface area contributed by atoms with Crippen molar-refractivity contribution in [2.75, 3.05) is 14.2 Å². The van der Waals surface area contributed by atoms with Crippen molar-refractivity contribution in [1.29, 1.82) is 0 Å². The predicted octanol–water partition coefficient (Wildman–Crippen LogP) is 4.76. The molecule has 2 heterocycles. The highest BCUT2D eigenvalue weighted by molar-refractivity contribution is 7.13. The molecule has 4 rings (SSSR count). The Labute approximate surface area is 201 Å². The summed E-state index contributed by atoms with van der Waals surface area (Å²) in [4.78, 5) is 30.2. The molecule has 1 aliphatic heterocycles. The van der Waals surface area contributed by atoms with Crippen LogP contribution in [0.25, 0.3) is 21.8 Å². The first kappa shape index (κ1) is 23.3. The van der Waals surface area contributed by atoms with E-state index in [9.17, 15) is 14.7 Å². The number of carbonyl (C=O) groups is 2. The number of hydrogen-bond donors (Lipinski definition) is 2. The van der Waals surface area contributed by atoms with Crippen LogP contribution >= 0.6 is 11.3 Å². The number of ether oxygens (including phenoxy) is 2. The normalized spacial score (nSPS) is 14.1. The average molecular weight is 477 g/mol. The van der Waals surface area contributed by atoms with Gasteiger partial charge >= 0.3 is 11.9 Å². The molecule has 0 aliphatic carbocycles. The molecule has 0 atom stereocenters. The number of dihydropyridines is 1. The molecule has 2 N–H and O–H groups in total. The number of allylic oxidation sites excluding steroid dienone is 2. The molecule has 0 unspecified atom stereocenters. The number of esters is 2. The number of rotatable bonds is 5. The lowest BCUT2D eigenvalue weighted by Gasteiger charge is -2.30. The van der Waals surface area contributed by atoms with E-state index in [2.05, 4.69) is 5.32 Å². The lowest BCUT2D eigenvalue weighted by Crippen LogP contribution is -2.32. The van der Waals surface area contributed by atoms with E-state index in [1.54, 1.807) is 32.0 Å². The van der Waals surface area contributed by atoms with E-state index in [-0.39, 0.29) is 5.75 Å². The molecule has 0 radical (unpaired) electrons. The Balaban J connectivity index is 1.80. The highest BCUT2D eigenvalue weighted by Gasteiger charge is 2.37. The first-order valence-corrected chi connectivity index (χ1v) is 11.4. The third-order valence-corrected chi connectivity index (χ3v) is 6.58. The zero-order valence-corrected chi connectivity index (χ0v) is 20.0. The van der Waals surface area contributed by atoms with Crippen LogP contribution < -0.4 is 5.32 Å². The molecule has 7 nitrogen and oxygen atoms in total. The summed E-state index contributed by atoms with van der Waals surface area (Å²) in [5.74, 6) is -1.52. The molecular formula is C26H24N2O5S. The zero-order valence-electron chi connectivity index (χ0n) is 19.2. The number of phenolic OH excluding ortho intramolecular Hbond substituents is 1. The fourth-order valence-corrected chi connectivity index (χ4v) is 4.97. The van der Waals surface area contributed by atoms with Crippen LogP contribution in [0.2, 0.25) is 0 Å². The minimum atomic E-state index is -0.661. The largest absolute Gasteiger partial charge is 0.508 e. The van der Waals surface area contributed by atoms with Crippen molar-refractivity contribution < 1.29 is 24.2 Å². The maximum atomic E-state index is 12.7. The molecule has 8 heteroatoms. The molecule has 0 saturated carbocycles.